The molecule has 1 aliphatic rings. The Morgan fingerprint density at radius 1 is 1.41 bits per heavy atom. The summed E-state index contributed by atoms with van der Waals surface area (Å²) in [5.41, 5.74) is 2.11. The van der Waals surface area contributed by atoms with E-state index in [1.807, 2.05) is 13.0 Å². The smallest absolute Gasteiger partial charge is 0.123 e. The van der Waals surface area contributed by atoms with Gasteiger partial charge in [-0.2, -0.15) is 0 Å². The Bertz CT molecular complexity index is 380. The molecule has 3 heteroatoms. The van der Waals surface area contributed by atoms with Gasteiger partial charge < -0.3 is 10.4 Å². The van der Waals surface area contributed by atoms with E-state index >= 15 is 0 Å². The lowest BCUT2D eigenvalue weighted by Crippen LogP contribution is -2.35. The van der Waals surface area contributed by atoms with Crippen molar-refractivity contribution in [3.05, 3.63) is 35.1 Å². The van der Waals surface area contributed by atoms with E-state index in [0.29, 0.717) is 6.04 Å². The van der Waals surface area contributed by atoms with Crippen LogP contribution in [0.15, 0.2) is 18.2 Å². The minimum absolute atomic E-state index is 0.157. The van der Waals surface area contributed by atoms with Crippen molar-refractivity contribution in [2.24, 2.45) is 0 Å². The van der Waals surface area contributed by atoms with Crippen LogP contribution in [0, 0.1) is 12.7 Å². The van der Waals surface area contributed by atoms with E-state index in [9.17, 15) is 9.50 Å². The van der Waals surface area contributed by atoms with Crippen LogP contribution in [0.3, 0.4) is 0 Å². The number of aliphatic hydroxyl groups excluding tert-OH is 1. The van der Waals surface area contributed by atoms with E-state index < -0.39 is 0 Å². The van der Waals surface area contributed by atoms with Crippen molar-refractivity contribution in [3.8, 4) is 0 Å². The van der Waals surface area contributed by atoms with E-state index in [4.69, 9.17) is 0 Å². The SMILES string of the molecule is Cc1cc(F)ccc1CNC1CCCC(O)C1. The second-order valence-electron chi connectivity index (χ2n) is 4.97. The second-order valence-corrected chi connectivity index (χ2v) is 4.97. The number of aryl methyl sites for hydroxylation is 1. The molecule has 17 heavy (non-hydrogen) atoms. The first-order valence-electron chi connectivity index (χ1n) is 6.31. The van der Waals surface area contributed by atoms with Gasteiger partial charge in [0.1, 0.15) is 5.82 Å². The number of nitrogens with one attached hydrogen (secondary N) is 1. The van der Waals surface area contributed by atoms with Crippen LogP contribution in [-0.4, -0.2) is 17.3 Å². The van der Waals surface area contributed by atoms with Gasteiger partial charge in [0.05, 0.1) is 6.10 Å². The standard InChI is InChI=1S/C14H20FNO/c1-10-7-12(15)6-5-11(10)9-16-13-3-2-4-14(17)8-13/h5-7,13-14,16-17H,2-4,8-9H2,1H3. The molecule has 94 valence electrons. The number of benzene rings is 1. The van der Waals surface area contributed by atoms with Crippen LogP contribution < -0.4 is 5.32 Å². The first-order valence-corrected chi connectivity index (χ1v) is 6.31. The van der Waals surface area contributed by atoms with E-state index in [1.165, 1.54) is 6.07 Å². The highest BCUT2D eigenvalue weighted by atomic mass is 19.1. The largest absolute Gasteiger partial charge is 0.393 e. The fraction of sp³-hybridized carbons (Fsp3) is 0.571. The minimum atomic E-state index is -0.181. The van der Waals surface area contributed by atoms with Gasteiger partial charge in [-0.3, -0.25) is 0 Å². The molecule has 1 aromatic rings. The lowest BCUT2D eigenvalue weighted by molar-refractivity contribution is 0.111. The number of hydrogen-bond acceptors (Lipinski definition) is 2. The van der Waals surface area contributed by atoms with E-state index in [1.54, 1.807) is 6.07 Å². The molecule has 1 aliphatic carbocycles. The minimum Gasteiger partial charge on any atom is -0.393 e. The highest BCUT2D eigenvalue weighted by molar-refractivity contribution is 5.26. The molecule has 0 spiro atoms. The Labute approximate surface area is 102 Å². The van der Waals surface area contributed by atoms with Crippen LogP contribution in [0.4, 0.5) is 4.39 Å². The molecule has 0 aromatic heterocycles. The Morgan fingerprint density at radius 3 is 2.94 bits per heavy atom. The Morgan fingerprint density at radius 2 is 2.24 bits per heavy atom. The zero-order valence-corrected chi connectivity index (χ0v) is 10.2. The van der Waals surface area contributed by atoms with E-state index in [-0.39, 0.29) is 11.9 Å². The summed E-state index contributed by atoms with van der Waals surface area (Å²) in [6.45, 7) is 2.68. The number of halogens is 1. The van der Waals surface area contributed by atoms with Crippen molar-refractivity contribution in [1.29, 1.82) is 0 Å². The summed E-state index contributed by atoms with van der Waals surface area (Å²) in [5, 5.41) is 13.0. The van der Waals surface area contributed by atoms with Gasteiger partial charge in [0, 0.05) is 12.6 Å². The Balaban J connectivity index is 1.88. The average Bonchev–Trinajstić information content (AvgIpc) is 2.28. The van der Waals surface area contributed by atoms with Gasteiger partial charge in [0.25, 0.3) is 0 Å². The van der Waals surface area contributed by atoms with Crippen LogP contribution >= 0.6 is 0 Å². The third kappa shape index (κ3) is 3.51. The molecule has 0 aliphatic heterocycles. The van der Waals surface area contributed by atoms with Crippen molar-refractivity contribution in [2.75, 3.05) is 0 Å². The maximum atomic E-state index is 12.9. The normalized spacial score (nSPS) is 24.9. The van der Waals surface area contributed by atoms with E-state index in [2.05, 4.69) is 5.32 Å². The molecule has 2 rings (SSSR count). The zero-order chi connectivity index (χ0) is 12.3. The monoisotopic (exact) mass is 237 g/mol. The summed E-state index contributed by atoms with van der Waals surface area (Å²) in [6, 6.07) is 5.28. The lowest BCUT2D eigenvalue weighted by atomic mass is 9.93. The molecular formula is C14H20FNO. The van der Waals surface area contributed by atoms with Crippen LogP contribution in [0.1, 0.15) is 36.8 Å². The molecule has 0 amide bonds. The quantitative estimate of drug-likeness (QED) is 0.846. The van der Waals surface area contributed by atoms with Crippen LogP contribution in [0.25, 0.3) is 0 Å². The molecule has 2 N–H and O–H groups in total. The fourth-order valence-corrected chi connectivity index (χ4v) is 2.46. The fourth-order valence-electron chi connectivity index (χ4n) is 2.46. The molecule has 1 fully saturated rings. The topological polar surface area (TPSA) is 32.3 Å². The molecule has 0 radical (unpaired) electrons. The second kappa shape index (κ2) is 5.61. The van der Waals surface area contributed by atoms with Gasteiger partial charge in [-0.15, -0.1) is 0 Å². The summed E-state index contributed by atoms with van der Waals surface area (Å²) in [7, 11) is 0. The third-order valence-electron chi connectivity index (χ3n) is 3.53. The van der Waals surface area contributed by atoms with Gasteiger partial charge in [0.2, 0.25) is 0 Å². The predicted octanol–water partition coefficient (Wildman–Crippen LogP) is 2.53. The molecule has 0 bridgehead atoms. The van der Waals surface area contributed by atoms with Crippen molar-refractivity contribution < 1.29 is 9.50 Å². The van der Waals surface area contributed by atoms with Gasteiger partial charge in [-0.05, 0) is 55.9 Å². The summed E-state index contributed by atoms with van der Waals surface area (Å²) in [6.07, 6.45) is 3.81. The van der Waals surface area contributed by atoms with Crippen molar-refractivity contribution in [1.82, 2.24) is 5.32 Å². The number of rotatable bonds is 3. The van der Waals surface area contributed by atoms with Crippen LogP contribution in [0.5, 0.6) is 0 Å². The molecular weight excluding hydrogens is 217 g/mol. The third-order valence-corrected chi connectivity index (χ3v) is 3.53. The highest BCUT2D eigenvalue weighted by Crippen LogP contribution is 2.19. The average molecular weight is 237 g/mol. The molecule has 0 saturated heterocycles. The van der Waals surface area contributed by atoms with E-state index in [0.717, 1.165) is 43.4 Å². The Kier molecular flexibility index (Phi) is 4.13. The van der Waals surface area contributed by atoms with Gasteiger partial charge >= 0.3 is 0 Å². The summed E-state index contributed by atoms with van der Waals surface area (Å²) in [5.74, 6) is -0.181. The predicted molar refractivity (Wildman–Crippen MR) is 66.2 cm³/mol. The zero-order valence-electron chi connectivity index (χ0n) is 10.2. The molecule has 2 nitrogen and oxygen atoms in total. The van der Waals surface area contributed by atoms with Crippen molar-refractivity contribution in [3.63, 3.8) is 0 Å². The van der Waals surface area contributed by atoms with Crippen molar-refractivity contribution in [2.45, 2.75) is 51.3 Å². The van der Waals surface area contributed by atoms with Gasteiger partial charge in [-0.25, -0.2) is 4.39 Å². The van der Waals surface area contributed by atoms with Crippen LogP contribution in [0.2, 0.25) is 0 Å². The highest BCUT2D eigenvalue weighted by Gasteiger charge is 2.19. The first kappa shape index (κ1) is 12.5. The number of aliphatic hydroxyl groups is 1. The molecule has 0 heterocycles. The molecule has 1 saturated carbocycles. The summed E-state index contributed by atoms with van der Waals surface area (Å²) in [4.78, 5) is 0. The maximum Gasteiger partial charge on any atom is 0.123 e. The lowest BCUT2D eigenvalue weighted by Gasteiger charge is -2.27. The summed E-state index contributed by atoms with van der Waals surface area (Å²) < 4.78 is 12.9. The Hall–Kier alpha value is -0.930. The number of hydrogen-bond donors (Lipinski definition) is 2. The molecule has 1 aromatic carbocycles. The van der Waals surface area contributed by atoms with Gasteiger partial charge in [-0.1, -0.05) is 6.07 Å². The first-order chi connectivity index (χ1) is 8.15. The maximum absolute atomic E-state index is 12.9. The van der Waals surface area contributed by atoms with Gasteiger partial charge in [0.15, 0.2) is 0 Å². The van der Waals surface area contributed by atoms with Crippen LogP contribution in [-0.2, 0) is 6.54 Å². The molecule has 2 atom stereocenters. The molecule has 2 unspecified atom stereocenters. The summed E-state index contributed by atoms with van der Waals surface area (Å²) >= 11 is 0. The van der Waals surface area contributed by atoms with Crippen molar-refractivity contribution >= 4 is 0 Å².